The normalized spacial score (nSPS) is 18.2. The molecule has 3 aliphatic rings. The third kappa shape index (κ3) is 3.71. The molecule has 0 bridgehead atoms. The zero-order valence-electron chi connectivity index (χ0n) is 16.2. The second kappa shape index (κ2) is 7.90. The van der Waals surface area contributed by atoms with Crippen molar-refractivity contribution < 1.29 is 4.18 Å². The first kappa shape index (κ1) is 18.2. The van der Waals surface area contributed by atoms with Crippen molar-refractivity contribution in [3.63, 3.8) is 0 Å². The van der Waals surface area contributed by atoms with Gasteiger partial charge in [0, 0.05) is 32.4 Å². The monoisotopic (exact) mass is 401 g/mol. The van der Waals surface area contributed by atoms with E-state index in [0.717, 1.165) is 32.5 Å². The van der Waals surface area contributed by atoms with Gasteiger partial charge in [0.05, 0.1) is 0 Å². The van der Waals surface area contributed by atoms with Crippen LogP contribution >= 0.6 is 12.2 Å². The van der Waals surface area contributed by atoms with E-state index in [0.29, 0.717) is 17.9 Å². The summed E-state index contributed by atoms with van der Waals surface area (Å²) in [6.07, 6.45) is 7.15. The molecule has 0 atom stereocenters. The number of aromatic nitrogens is 3. The van der Waals surface area contributed by atoms with Gasteiger partial charge in [-0.1, -0.05) is 6.07 Å². The van der Waals surface area contributed by atoms with Gasteiger partial charge in [-0.25, -0.2) is 10.5 Å². The molecule has 9 heteroatoms. The number of rotatable bonds is 8. The lowest BCUT2D eigenvalue weighted by atomic mass is 9.99. The number of H-pyrrole nitrogens is 1. The standard InChI is InChI=1S/C19H27N7OS/c1-26(21-11-12-9-20-10-12)28-27-19-23-18(24-25-19)22-17-15-6-2-4-13(15)8-14-5-3-7-16(14)17/h8,12,20-21H,2-7,9-11H2,1H3,(H2,22,23,24,25). The van der Waals surface area contributed by atoms with Crippen LogP contribution in [0.1, 0.15) is 35.1 Å². The van der Waals surface area contributed by atoms with Crippen molar-refractivity contribution in [2.75, 3.05) is 32.0 Å². The van der Waals surface area contributed by atoms with E-state index in [9.17, 15) is 0 Å². The molecular formula is C19H27N7OS. The summed E-state index contributed by atoms with van der Waals surface area (Å²) < 4.78 is 7.47. The van der Waals surface area contributed by atoms with E-state index in [-0.39, 0.29) is 0 Å². The number of nitrogens with zero attached hydrogens (tertiary/aromatic N) is 3. The molecule has 2 aliphatic carbocycles. The van der Waals surface area contributed by atoms with Gasteiger partial charge in [-0.05, 0) is 66.7 Å². The molecule has 1 saturated heterocycles. The Morgan fingerprint density at radius 1 is 1.18 bits per heavy atom. The van der Waals surface area contributed by atoms with Crippen LogP contribution < -0.4 is 20.2 Å². The minimum Gasteiger partial charge on any atom is -0.370 e. The molecule has 1 aliphatic heterocycles. The average Bonchev–Trinajstić information content (AvgIpc) is 3.38. The first-order valence-corrected chi connectivity index (χ1v) is 10.8. The van der Waals surface area contributed by atoms with Crippen LogP contribution in [0.15, 0.2) is 6.07 Å². The van der Waals surface area contributed by atoms with Gasteiger partial charge in [-0.3, -0.25) is 0 Å². The summed E-state index contributed by atoms with van der Waals surface area (Å²) in [5.74, 6) is 1.33. The fourth-order valence-electron chi connectivity index (χ4n) is 4.29. The molecule has 0 saturated carbocycles. The molecule has 1 aromatic heterocycles. The molecule has 0 unspecified atom stereocenters. The number of hydrazine groups is 1. The molecule has 2 aromatic rings. The van der Waals surface area contributed by atoms with Crippen LogP contribution in [0.2, 0.25) is 0 Å². The van der Waals surface area contributed by atoms with Crippen LogP contribution in [0.3, 0.4) is 0 Å². The molecule has 4 N–H and O–H groups in total. The maximum Gasteiger partial charge on any atom is 0.350 e. The van der Waals surface area contributed by atoms with Crippen molar-refractivity contribution in [1.29, 1.82) is 0 Å². The predicted octanol–water partition coefficient (Wildman–Crippen LogP) is 2.12. The smallest absolute Gasteiger partial charge is 0.350 e. The molecule has 0 radical (unpaired) electrons. The highest BCUT2D eigenvalue weighted by atomic mass is 32.2. The van der Waals surface area contributed by atoms with Crippen LogP contribution in [0, 0.1) is 5.92 Å². The number of aryl methyl sites for hydroxylation is 2. The summed E-state index contributed by atoms with van der Waals surface area (Å²) in [6.45, 7) is 3.09. The van der Waals surface area contributed by atoms with E-state index in [4.69, 9.17) is 4.18 Å². The summed E-state index contributed by atoms with van der Waals surface area (Å²) in [4.78, 5) is 4.47. The Balaban J connectivity index is 1.21. The molecule has 2 heterocycles. The number of anilines is 2. The Kier molecular flexibility index (Phi) is 5.15. The maximum atomic E-state index is 5.63. The highest BCUT2D eigenvalue weighted by Gasteiger charge is 2.24. The maximum absolute atomic E-state index is 5.63. The Morgan fingerprint density at radius 2 is 1.93 bits per heavy atom. The van der Waals surface area contributed by atoms with E-state index >= 15 is 0 Å². The second-order valence-electron chi connectivity index (χ2n) is 7.87. The predicted molar refractivity (Wildman–Crippen MR) is 111 cm³/mol. The van der Waals surface area contributed by atoms with Crippen molar-refractivity contribution in [2.24, 2.45) is 5.92 Å². The van der Waals surface area contributed by atoms with E-state index in [1.54, 1.807) is 0 Å². The van der Waals surface area contributed by atoms with Crippen LogP contribution in [-0.2, 0) is 25.7 Å². The van der Waals surface area contributed by atoms with Gasteiger partial charge in [0.25, 0.3) is 0 Å². The van der Waals surface area contributed by atoms with E-state index < -0.39 is 0 Å². The number of aromatic amines is 1. The average molecular weight is 402 g/mol. The number of hydrogen-bond donors (Lipinski definition) is 4. The third-order valence-electron chi connectivity index (χ3n) is 5.87. The van der Waals surface area contributed by atoms with Crippen LogP contribution in [0.25, 0.3) is 0 Å². The van der Waals surface area contributed by atoms with Gasteiger partial charge in [-0.2, -0.15) is 9.40 Å². The fourth-order valence-corrected chi connectivity index (χ4v) is 4.67. The van der Waals surface area contributed by atoms with Crippen molar-refractivity contribution in [1.82, 2.24) is 30.3 Å². The Hall–Kier alpha value is -1.81. The number of nitrogens with one attached hydrogen (secondary N) is 4. The molecule has 0 spiro atoms. The molecule has 1 aromatic carbocycles. The van der Waals surface area contributed by atoms with Gasteiger partial charge in [0.15, 0.2) is 12.2 Å². The molecule has 5 rings (SSSR count). The quantitative estimate of drug-likeness (QED) is 0.304. The Bertz CT molecular complexity index is 819. The van der Waals surface area contributed by atoms with E-state index in [1.807, 2.05) is 11.5 Å². The molecule has 1 fully saturated rings. The zero-order chi connectivity index (χ0) is 18.9. The summed E-state index contributed by atoms with van der Waals surface area (Å²) in [6, 6.07) is 2.76. The first-order chi connectivity index (χ1) is 13.8. The van der Waals surface area contributed by atoms with Gasteiger partial charge in [0.2, 0.25) is 5.95 Å². The van der Waals surface area contributed by atoms with Crippen LogP contribution in [-0.4, -0.2) is 46.3 Å². The van der Waals surface area contributed by atoms with E-state index in [1.165, 1.54) is 65.9 Å². The molecular weight excluding hydrogens is 374 g/mol. The van der Waals surface area contributed by atoms with Gasteiger partial charge < -0.3 is 14.8 Å². The third-order valence-corrected chi connectivity index (χ3v) is 6.45. The SMILES string of the molecule is CN(NCC1CNC1)SOc1n[nH]c(Nc2c3c(cc4c2CCC4)CCC3)n1. The van der Waals surface area contributed by atoms with Gasteiger partial charge >= 0.3 is 6.01 Å². The number of fused-ring (bicyclic) bond motifs is 2. The number of benzene rings is 1. The van der Waals surface area contributed by atoms with Crippen molar-refractivity contribution >= 4 is 23.9 Å². The van der Waals surface area contributed by atoms with Crippen molar-refractivity contribution in [3.8, 4) is 6.01 Å². The fraction of sp³-hybridized carbons (Fsp3) is 0.579. The molecule has 0 amide bonds. The molecule has 150 valence electrons. The summed E-state index contributed by atoms with van der Waals surface area (Å²) in [7, 11) is 1.93. The minimum absolute atomic E-state index is 0.329. The van der Waals surface area contributed by atoms with Crippen LogP contribution in [0.5, 0.6) is 6.01 Å². The highest BCUT2D eigenvalue weighted by Crippen LogP contribution is 2.39. The second-order valence-corrected chi connectivity index (χ2v) is 8.73. The summed E-state index contributed by atoms with van der Waals surface area (Å²) in [5.41, 5.74) is 10.5. The Labute approximate surface area is 169 Å². The van der Waals surface area contributed by atoms with E-state index in [2.05, 4.69) is 37.3 Å². The number of hydrogen-bond acceptors (Lipinski definition) is 8. The lowest BCUT2D eigenvalue weighted by Gasteiger charge is -2.28. The van der Waals surface area contributed by atoms with Crippen LogP contribution in [0.4, 0.5) is 11.6 Å². The van der Waals surface area contributed by atoms with Crippen molar-refractivity contribution in [3.05, 3.63) is 28.3 Å². The summed E-state index contributed by atoms with van der Waals surface area (Å²) in [5, 5.41) is 13.9. The minimum atomic E-state index is 0.329. The largest absolute Gasteiger partial charge is 0.370 e. The zero-order valence-corrected chi connectivity index (χ0v) is 17.0. The first-order valence-electron chi connectivity index (χ1n) is 10.1. The molecule has 28 heavy (non-hydrogen) atoms. The summed E-state index contributed by atoms with van der Waals surface area (Å²) >= 11 is 1.19. The highest BCUT2D eigenvalue weighted by molar-refractivity contribution is 7.92. The van der Waals surface area contributed by atoms with Gasteiger partial charge in [-0.15, -0.1) is 5.10 Å². The topological polar surface area (TPSA) is 90.1 Å². The Morgan fingerprint density at radius 3 is 2.61 bits per heavy atom. The lowest BCUT2D eigenvalue weighted by molar-refractivity contribution is 0.277. The van der Waals surface area contributed by atoms with Crippen molar-refractivity contribution in [2.45, 2.75) is 38.5 Å². The van der Waals surface area contributed by atoms with Gasteiger partial charge in [0.1, 0.15) is 0 Å². The molecule has 8 nitrogen and oxygen atoms in total. The lowest BCUT2D eigenvalue weighted by Crippen LogP contribution is -2.49.